The molecule has 60 valence electrons. The Morgan fingerprint density at radius 2 is 1.82 bits per heavy atom. The van der Waals surface area contributed by atoms with E-state index < -0.39 is 0 Å². The summed E-state index contributed by atoms with van der Waals surface area (Å²) in [4.78, 5) is 0. The zero-order valence-electron chi connectivity index (χ0n) is 6.57. The fourth-order valence-electron chi connectivity index (χ4n) is 0.966. The van der Waals surface area contributed by atoms with Gasteiger partial charge in [-0.05, 0) is 62.7 Å². The van der Waals surface area contributed by atoms with Gasteiger partial charge in [0.05, 0.1) is 0 Å². The van der Waals surface area contributed by atoms with Crippen molar-refractivity contribution in [3.63, 3.8) is 0 Å². The number of rotatable bonds is 1. The predicted molar refractivity (Wildman–Crippen MR) is 66.0 cm³/mol. The van der Waals surface area contributed by atoms with E-state index in [0.717, 1.165) is 0 Å². The molecular formula is C9H10I2. The van der Waals surface area contributed by atoms with Crippen molar-refractivity contribution in [3.05, 3.63) is 30.9 Å². The van der Waals surface area contributed by atoms with E-state index in [2.05, 4.69) is 77.2 Å². The summed E-state index contributed by atoms with van der Waals surface area (Å²) >= 11 is 4.79. The van der Waals surface area contributed by atoms with Crippen molar-refractivity contribution < 1.29 is 0 Å². The highest BCUT2D eigenvalue weighted by atomic mass is 127. The summed E-state index contributed by atoms with van der Waals surface area (Å²) in [6.45, 7) is 4.46. The fraction of sp³-hybridized carbons (Fsp3) is 0.333. The van der Waals surface area contributed by atoms with Crippen LogP contribution in [0, 0.1) is 7.14 Å². The second-order valence-electron chi connectivity index (χ2n) is 2.80. The molecule has 11 heavy (non-hydrogen) atoms. The zero-order chi connectivity index (χ0) is 8.43. The Hall–Kier alpha value is 0.680. The second-order valence-corrected chi connectivity index (χ2v) is 5.04. The van der Waals surface area contributed by atoms with Crippen molar-refractivity contribution in [2.75, 3.05) is 0 Å². The van der Waals surface area contributed by atoms with Crippen LogP contribution < -0.4 is 0 Å². The summed E-state index contributed by atoms with van der Waals surface area (Å²) in [6, 6.07) is 6.47. The summed E-state index contributed by atoms with van der Waals surface area (Å²) in [7, 11) is 0. The third-order valence-corrected chi connectivity index (χ3v) is 4.74. The van der Waals surface area contributed by atoms with Crippen LogP contribution in [-0.2, 0) is 0 Å². The van der Waals surface area contributed by atoms with E-state index in [-0.39, 0.29) is 0 Å². The molecule has 0 heterocycles. The number of halogens is 2. The standard InChI is InChI=1S/C9H10I2/c1-6(2)7-4-3-5-8(10)9(7)11/h3-6H,1-2H3. The first-order valence-corrected chi connectivity index (χ1v) is 5.72. The third kappa shape index (κ3) is 2.31. The zero-order valence-corrected chi connectivity index (χ0v) is 10.9. The van der Waals surface area contributed by atoms with Gasteiger partial charge in [0, 0.05) is 7.14 Å². The van der Waals surface area contributed by atoms with Gasteiger partial charge in [0.15, 0.2) is 0 Å². The van der Waals surface area contributed by atoms with E-state index in [0.29, 0.717) is 5.92 Å². The molecule has 0 atom stereocenters. The predicted octanol–water partition coefficient (Wildman–Crippen LogP) is 4.02. The number of hydrogen-bond donors (Lipinski definition) is 0. The molecule has 0 aromatic heterocycles. The highest BCUT2D eigenvalue weighted by Crippen LogP contribution is 2.24. The fourth-order valence-corrected chi connectivity index (χ4v) is 2.47. The minimum absolute atomic E-state index is 0.636. The summed E-state index contributed by atoms with van der Waals surface area (Å²) in [5.74, 6) is 0.636. The number of hydrogen-bond acceptors (Lipinski definition) is 0. The van der Waals surface area contributed by atoms with Crippen LogP contribution in [0.5, 0.6) is 0 Å². The van der Waals surface area contributed by atoms with Crippen LogP contribution in [-0.4, -0.2) is 0 Å². The Morgan fingerprint density at radius 3 is 2.27 bits per heavy atom. The molecule has 0 spiro atoms. The van der Waals surface area contributed by atoms with Gasteiger partial charge in [0.2, 0.25) is 0 Å². The van der Waals surface area contributed by atoms with Crippen LogP contribution in [0.3, 0.4) is 0 Å². The number of benzene rings is 1. The quantitative estimate of drug-likeness (QED) is 0.654. The van der Waals surface area contributed by atoms with Crippen molar-refractivity contribution in [3.8, 4) is 0 Å². The summed E-state index contributed by atoms with van der Waals surface area (Å²) in [5, 5.41) is 0. The van der Waals surface area contributed by atoms with Crippen LogP contribution in [0.25, 0.3) is 0 Å². The second kappa shape index (κ2) is 4.07. The topological polar surface area (TPSA) is 0 Å². The van der Waals surface area contributed by atoms with E-state index in [1.54, 1.807) is 0 Å². The molecule has 0 fully saturated rings. The van der Waals surface area contributed by atoms with Crippen molar-refractivity contribution in [1.82, 2.24) is 0 Å². The van der Waals surface area contributed by atoms with Gasteiger partial charge in [-0.15, -0.1) is 0 Å². The molecule has 0 aliphatic rings. The molecule has 0 nitrogen and oxygen atoms in total. The molecule has 0 N–H and O–H groups in total. The van der Waals surface area contributed by atoms with Gasteiger partial charge in [0.1, 0.15) is 0 Å². The van der Waals surface area contributed by atoms with Crippen LogP contribution in [0.4, 0.5) is 0 Å². The van der Waals surface area contributed by atoms with Gasteiger partial charge in [-0.1, -0.05) is 26.0 Å². The van der Waals surface area contributed by atoms with E-state index in [4.69, 9.17) is 0 Å². The lowest BCUT2D eigenvalue weighted by molar-refractivity contribution is 0.859. The van der Waals surface area contributed by atoms with Crippen molar-refractivity contribution in [1.29, 1.82) is 0 Å². The Bertz CT molecular complexity index is 254. The average molecular weight is 372 g/mol. The molecule has 0 unspecified atom stereocenters. The van der Waals surface area contributed by atoms with Crippen LogP contribution in [0.15, 0.2) is 18.2 Å². The summed E-state index contributed by atoms with van der Waals surface area (Å²) in [6.07, 6.45) is 0. The molecular weight excluding hydrogens is 362 g/mol. The molecule has 0 saturated carbocycles. The molecule has 0 saturated heterocycles. The van der Waals surface area contributed by atoms with Crippen molar-refractivity contribution in [2.24, 2.45) is 0 Å². The third-order valence-electron chi connectivity index (χ3n) is 1.60. The average Bonchev–Trinajstić information content (AvgIpc) is 1.94. The summed E-state index contributed by atoms with van der Waals surface area (Å²) < 4.78 is 2.76. The minimum Gasteiger partial charge on any atom is -0.0609 e. The van der Waals surface area contributed by atoms with Gasteiger partial charge in [-0.25, -0.2) is 0 Å². The normalized spacial score (nSPS) is 10.6. The molecule has 0 aliphatic carbocycles. The maximum atomic E-state index is 2.41. The van der Waals surface area contributed by atoms with Gasteiger partial charge in [-0.3, -0.25) is 0 Å². The van der Waals surface area contributed by atoms with Crippen LogP contribution in [0.1, 0.15) is 25.3 Å². The Balaban J connectivity index is 3.17. The van der Waals surface area contributed by atoms with Gasteiger partial charge in [-0.2, -0.15) is 0 Å². The molecule has 1 aromatic carbocycles. The molecule has 0 bridgehead atoms. The van der Waals surface area contributed by atoms with E-state index in [9.17, 15) is 0 Å². The van der Waals surface area contributed by atoms with E-state index in [1.165, 1.54) is 12.7 Å². The largest absolute Gasteiger partial charge is 0.0609 e. The maximum absolute atomic E-state index is 2.41. The van der Waals surface area contributed by atoms with Crippen molar-refractivity contribution >= 4 is 45.2 Å². The lowest BCUT2D eigenvalue weighted by Crippen LogP contribution is -1.93. The van der Waals surface area contributed by atoms with E-state index >= 15 is 0 Å². The highest BCUT2D eigenvalue weighted by Gasteiger charge is 2.05. The lowest BCUT2D eigenvalue weighted by atomic mass is 10.0. The monoisotopic (exact) mass is 372 g/mol. The molecule has 0 aliphatic heterocycles. The first kappa shape index (κ1) is 9.77. The first-order chi connectivity index (χ1) is 5.13. The van der Waals surface area contributed by atoms with Crippen LogP contribution >= 0.6 is 45.2 Å². The van der Waals surface area contributed by atoms with Gasteiger partial charge < -0.3 is 0 Å². The minimum atomic E-state index is 0.636. The SMILES string of the molecule is CC(C)c1cccc(I)c1I. The maximum Gasteiger partial charge on any atom is 0.0298 e. The Kier molecular flexibility index (Phi) is 3.61. The first-order valence-electron chi connectivity index (χ1n) is 3.57. The smallest absolute Gasteiger partial charge is 0.0298 e. The molecule has 0 radical (unpaired) electrons. The molecule has 0 amide bonds. The van der Waals surface area contributed by atoms with Crippen molar-refractivity contribution in [2.45, 2.75) is 19.8 Å². The highest BCUT2D eigenvalue weighted by molar-refractivity contribution is 14.1. The lowest BCUT2D eigenvalue weighted by Gasteiger charge is -2.08. The summed E-state index contributed by atoms with van der Waals surface area (Å²) in [5.41, 5.74) is 1.46. The van der Waals surface area contributed by atoms with Gasteiger partial charge in [0.25, 0.3) is 0 Å². The Labute approximate surface area is 95.0 Å². The molecule has 1 aromatic rings. The Morgan fingerprint density at radius 1 is 1.18 bits per heavy atom. The van der Waals surface area contributed by atoms with Crippen LogP contribution in [0.2, 0.25) is 0 Å². The van der Waals surface area contributed by atoms with Gasteiger partial charge >= 0.3 is 0 Å². The van der Waals surface area contributed by atoms with E-state index in [1.807, 2.05) is 0 Å². The molecule has 2 heteroatoms. The molecule has 1 rings (SSSR count).